The topological polar surface area (TPSA) is 52.0 Å². The molecule has 0 saturated carbocycles. The molecule has 0 unspecified atom stereocenters. The van der Waals surface area contributed by atoms with Gasteiger partial charge in [-0.15, -0.1) is 0 Å². The zero-order valence-electron chi connectivity index (χ0n) is 6.60. The number of nitrogens with zero attached hydrogens (tertiary/aromatic N) is 1. The summed E-state index contributed by atoms with van der Waals surface area (Å²) in [6, 6.07) is 0. The Morgan fingerprint density at radius 3 is 2.64 bits per heavy atom. The predicted molar refractivity (Wildman–Crippen MR) is 44.5 cm³/mol. The highest BCUT2D eigenvalue weighted by molar-refractivity contribution is 6.33. The van der Waals surface area contributed by atoms with Gasteiger partial charge in [-0.05, 0) is 5.92 Å². The van der Waals surface area contributed by atoms with E-state index in [0.717, 1.165) is 6.42 Å². The molecule has 0 aliphatic carbocycles. The standard InChI is InChI=1S/C7H11ClN2O/c1-4(2)3-5-6(8)7(9)10-11-5/h4H,3H2,1-2H3,(H2,9,10). The molecular formula is C7H11ClN2O. The van der Waals surface area contributed by atoms with E-state index in [4.69, 9.17) is 21.9 Å². The second-order valence-electron chi connectivity index (χ2n) is 2.90. The van der Waals surface area contributed by atoms with Crippen LogP contribution in [0.25, 0.3) is 0 Å². The maximum atomic E-state index is 5.77. The molecule has 0 radical (unpaired) electrons. The van der Waals surface area contributed by atoms with Crippen LogP contribution in [0.5, 0.6) is 0 Å². The fourth-order valence-corrected chi connectivity index (χ4v) is 0.971. The van der Waals surface area contributed by atoms with Crippen molar-refractivity contribution in [2.75, 3.05) is 5.73 Å². The summed E-state index contributed by atoms with van der Waals surface area (Å²) < 4.78 is 4.90. The summed E-state index contributed by atoms with van der Waals surface area (Å²) in [6.07, 6.45) is 0.781. The zero-order valence-corrected chi connectivity index (χ0v) is 7.35. The van der Waals surface area contributed by atoms with Crippen LogP contribution in [0, 0.1) is 5.92 Å². The van der Waals surface area contributed by atoms with E-state index >= 15 is 0 Å². The first kappa shape index (κ1) is 8.40. The van der Waals surface area contributed by atoms with Gasteiger partial charge in [0.2, 0.25) is 0 Å². The van der Waals surface area contributed by atoms with Crippen LogP contribution in [0.3, 0.4) is 0 Å². The summed E-state index contributed by atoms with van der Waals surface area (Å²) in [4.78, 5) is 0. The van der Waals surface area contributed by atoms with E-state index in [-0.39, 0.29) is 5.82 Å². The average Bonchev–Trinajstić information content (AvgIpc) is 2.18. The SMILES string of the molecule is CC(C)Cc1onc(N)c1Cl. The lowest BCUT2D eigenvalue weighted by Crippen LogP contribution is -1.92. The van der Waals surface area contributed by atoms with Crippen molar-refractivity contribution in [2.24, 2.45) is 5.92 Å². The molecule has 11 heavy (non-hydrogen) atoms. The molecule has 0 amide bonds. The minimum Gasteiger partial charge on any atom is -0.380 e. The second-order valence-corrected chi connectivity index (χ2v) is 3.28. The normalized spacial score (nSPS) is 10.9. The molecule has 0 fully saturated rings. The highest BCUT2D eigenvalue weighted by atomic mass is 35.5. The molecule has 62 valence electrons. The van der Waals surface area contributed by atoms with Gasteiger partial charge in [-0.2, -0.15) is 0 Å². The minimum atomic E-state index is 0.280. The molecule has 3 nitrogen and oxygen atoms in total. The van der Waals surface area contributed by atoms with Crippen LogP contribution in [0.15, 0.2) is 4.52 Å². The number of hydrogen-bond donors (Lipinski definition) is 1. The molecule has 0 bridgehead atoms. The molecule has 0 aliphatic rings. The van der Waals surface area contributed by atoms with E-state index in [1.165, 1.54) is 0 Å². The Bertz CT molecular complexity index is 245. The maximum Gasteiger partial charge on any atom is 0.185 e. The average molecular weight is 175 g/mol. The van der Waals surface area contributed by atoms with E-state index in [9.17, 15) is 0 Å². The highest BCUT2D eigenvalue weighted by Gasteiger charge is 2.11. The highest BCUT2D eigenvalue weighted by Crippen LogP contribution is 2.24. The van der Waals surface area contributed by atoms with Gasteiger partial charge >= 0.3 is 0 Å². The molecule has 0 atom stereocenters. The van der Waals surface area contributed by atoms with Crippen molar-refractivity contribution in [3.8, 4) is 0 Å². The Balaban J connectivity index is 2.79. The Hall–Kier alpha value is -0.700. The molecule has 2 N–H and O–H groups in total. The van der Waals surface area contributed by atoms with Crippen molar-refractivity contribution in [1.82, 2.24) is 5.16 Å². The quantitative estimate of drug-likeness (QED) is 0.747. The number of nitrogen functional groups attached to an aromatic ring is 1. The number of aromatic nitrogens is 1. The van der Waals surface area contributed by atoms with E-state index < -0.39 is 0 Å². The lowest BCUT2D eigenvalue weighted by molar-refractivity contribution is 0.371. The zero-order chi connectivity index (χ0) is 8.43. The lowest BCUT2D eigenvalue weighted by atomic mass is 10.1. The van der Waals surface area contributed by atoms with Crippen LogP contribution < -0.4 is 5.73 Å². The van der Waals surface area contributed by atoms with Gasteiger partial charge < -0.3 is 10.3 Å². The second kappa shape index (κ2) is 3.13. The van der Waals surface area contributed by atoms with Gasteiger partial charge in [-0.1, -0.05) is 30.6 Å². The van der Waals surface area contributed by atoms with Crippen molar-refractivity contribution in [1.29, 1.82) is 0 Å². The smallest absolute Gasteiger partial charge is 0.185 e. The van der Waals surface area contributed by atoms with Crippen LogP contribution in [-0.2, 0) is 6.42 Å². The largest absolute Gasteiger partial charge is 0.380 e. The Labute approximate surface area is 70.5 Å². The third kappa shape index (κ3) is 1.87. The molecule has 4 heteroatoms. The first-order valence-corrected chi connectivity index (χ1v) is 3.88. The fourth-order valence-electron chi connectivity index (χ4n) is 0.825. The van der Waals surface area contributed by atoms with E-state index in [2.05, 4.69) is 19.0 Å². The molecule has 0 spiro atoms. The van der Waals surface area contributed by atoms with Crippen LogP contribution in [0.1, 0.15) is 19.6 Å². The van der Waals surface area contributed by atoms with Crippen molar-refractivity contribution in [3.05, 3.63) is 10.8 Å². The van der Waals surface area contributed by atoms with E-state index in [0.29, 0.717) is 16.7 Å². The first-order chi connectivity index (χ1) is 5.11. The van der Waals surface area contributed by atoms with Gasteiger partial charge in [-0.3, -0.25) is 0 Å². The summed E-state index contributed by atoms with van der Waals surface area (Å²) in [5.41, 5.74) is 5.38. The van der Waals surface area contributed by atoms with Crippen molar-refractivity contribution >= 4 is 17.4 Å². The van der Waals surface area contributed by atoms with Crippen LogP contribution in [-0.4, -0.2) is 5.16 Å². The summed E-state index contributed by atoms with van der Waals surface area (Å²) in [5, 5.41) is 4.00. The first-order valence-electron chi connectivity index (χ1n) is 3.50. The predicted octanol–water partition coefficient (Wildman–Crippen LogP) is 2.11. The van der Waals surface area contributed by atoms with Gasteiger partial charge in [0, 0.05) is 6.42 Å². The van der Waals surface area contributed by atoms with Crippen molar-refractivity contribution in [3.63, 3.8) is 0 Å². The maximum absolute atomic E-state index is 5.77. The Kier molecular flexibility index (Phi) is 2.39. The van der Waals surface area contributed by atoms with Crippen LogP contribution in [0.2, 0.25) is 5.02 Å². The molecule has 1 heterocycles. The number of halogens is 1. The van der Waals surface area contributed by atoms with Crippen LogP contribution in [0.4, 0.5) is 5.82 Å². The van der Waals surface area contributed by atoms with E-state index in [1.807, 2.05) is 0 Å². The van der Waals surface area contributed by atoms with Crippen molar-refractivity contribution in [2.45, 2.75) is 20.3 Å². The molecule has 1 rings (SSSR count). The number of nitrogens with two attached hydrogens (primary N) is 1. The molecule has 1 aromatic heterocycles. The van der Waals surface area contributed by atoms with Gasteiger partial charge in [0.25, 0.3) is 0 Å². The number of hydrogen-bond acceptors (Lipinski definition) is 3. The van der Waals surface area contributed by atoms with Crippen LogP contribution >= 0.6 is 11.6 Å². The third-order valence-electron chi connectivity index (χ3n) is 1.32. The Morgan fingerprint density at radius 1 is 1.64 bits per heavy atom. The summed E-state index contributed by atoms with van der Waals surface area (Å²) in [5.74, 6) is 1.46. The summed E-state index contributed by atoms with van der Waals surface area (Å²) >= 11 is 5.77. The van der Waals surface area contributed by atoms with Gasteiger partial charge in [0.1, 0.15) is 5.02 Å². The van der Waals surface area contributed by atoms with Gasteiger partial charge in [0.05, 0.1) is 0 Å². The molecule has 0 aromatic carbocycles. The monoisotopic (exact) mass is 174 g/mol. The number of anilines is 1. The van der Waals surface area contributed by atoms with E-state index in [1.54, 1.807) is 0 Å². The Morgan fingerprint density at radius 2 is 2.27 bits per heavy atom. The third-order valence-corrected chi connectivity index (χ3v) is 1.72. The van der Waals surface area contributed by atoms with Gasteiger partial charge in [0.15, 0.2) is 11.6 Å². The van der Waals surface area contributed by atoms with Crippen molar-refractivity contribution < 1.29 is 4.52 Å². The van der Waals surface area contributed by atoms with Gasteiger partial charge in [-0.25, -0.2) is 0 Å². The molecular weight excluding hydrogens is 164 g/mol. The molecule has 0 aliphatic heterocycles. The fraction of sp³-hybridized carbons (Fsp3) is 0.571. The lowest BCUT2D eigenvalue weighted by Gasteiger charge is -1.98. The molecule has 1 aromatic rings. The minimum absolute atomic E-state index is 0.280. The molecule has 0 saturated heterocycles. The number of rotatable bonds is 2. The summed E-state index contributed by atoms with van der Waals surface area (Å²) in [7, 11) is 0. The summed E-state index contributed by atoms with van der Waals surface area (Å²) in [6.45, 7) is 4.16.